The van der Waals surface area contributed by atoms with Gasteiger partial charge >= 0.3 is 5.97 Å². The van der Waals surface area contributed by atoms with Crippen molar-refractivity contribution in [3.8, 4) is 0 Å². The van der Waals surface area contributed by atoms with Crippen LogP contribution in [0.3, 0.4) is 0 Å². The predicted molar refractivity (Wildman–Crippen MR) is 36.4 cm³/mol. The Morgan fingerprint density at radius 2 is 2.11 bits per heavy atom. The maximum Gasteiger partial charge on any atom is 0.346 e. The van der Waals surface area contributed by atoms with Crippen molar-refractivity contribution in [2.24, 2.45) is 5.92 Å². The van der Waals surface area contributed by atoms with Gasteiger partial charge in [-0.1, -0.05) is 31.5 Å². The minimum absolute atomic E-state index is 0.106. The lowest BCUT2D eigenvalue weighted by atomic mass is 10.2. The van der Waals surface area contributed by atoms with Gasteiger partial charge in [-0.15, -0.1) is 0 Å². The van der Waals surface area contributed by atoms with Crippen molar-refractivity contribution in [1.29, 1.82) is 0 Å². The Morgan fingerprint density at radius 3 is 2.22 bits per heavy atom. The number of hydrogen-bond acceptors (Lipinski definition) is 1. The molecule has 0 amide bonds. The van der Waals surface area contributed by atoms with E-state index in [1.165, 1.54) is 6.08 Å². The molecule has 0 atom stereocenters. The van der Waals surface area contributed by atoms with Crippen molar-refractivity contribution in [2.45, 2.75) is 13.8 Å². The molecule has 0 aromatic carbocycles. The molecule has 0 unspecified atom stereocenters. The summed E-state index contributed by atoms with van der Waals surface area (Å²) in [5, 5.41) is 8.12. The Balaban J connectivity index is 4.00. The van der Waals surface area contributed by atoms with Gasteiger partial charge in [-0.05, 0) is 5.92 Å². The number of carboxylic acids is 1. The summed E-state index contributed by atoms with van der Waals surface area (Å²) in [6.07, 6.45) is 1.49. The second kappa shape index (κ2) is 3.51. The zero-order valence-electron chi connectivity index (χ0n) is 5.39. The van der Waals surface area contributed by atoms with Crippen LogP contribution in [0.1, 0.15) is 13.8 Å². The molecule has 1 N–H and O–H groups in total. The van der Waals surface area contributed by atoms with Crippen molar-refractivity contribution in [1.82, 2.24) is 0 Å². The quantitative estimate of drug-likeness (QED) is 0.607. The lowest BCUT2D eigenvalue weighted by Gasteiger charge is -1.93. The van der Waals surface area contributed by atoms with Crippen molar-refractivity contribution in [2.75, 3.05) is 0 Å². The summed E-state index contributed by atoms with van der Waals surface area (Å²) in [7, 11) is 0. The smallest absolute Gasteiger partial charge is 0.346 e. The third-order valence-corrected chi connectivity index (χ3v) is 0.972. The summed E-state index contributed by atoms with van der Waals surface area (Å²) in [6.45, 7) is 3.73. The molecule has 9 heavy (non-hydrogen) atoms. The summed E-state index contributed by atoms with van der Waals surface area (Å²) in [4.78, 5) is 10.0. The van der Waals surface area contributed by atoms with Gasteiger partial charge in [0.25, 0.3) is 0 Å². The summed E-state index contributed by atoms with van der Waals surface area (Å²) in [5.41, 5.74) is 0. The summed E-state index contributed by atoms with van der Waals surface area (Å²) >= 11 is 5.27. The molecule has 0 aliphatic rings. The van der Waals surface area contributed by atoms with E-state index in [9.17, 15) is 4.79 Å². The van der Waals surface area contributed by atoms with Crippen LogP contribution in [0.2, 0.25) is 0 Å². The summed E-state index contributed by atoms with van der Waals surface area (Å²) in [5.74, 6) is -0.876. The number of carboxylic acid groups (broad SMARTS) is 1. The highest BCUT2D eigenvalue weighted by Gasteiger charge is 2.01. The Morgan fingerprint density at radius 1 is 1.67 bits per heavy atom. The van der Waals surface area contributed by atoms with E-state index in [2.05, 4.69) is 0 Å². The average Bonchev–Trinajstić information content (AvgIpc) is 1.63. The van der Waals surface area contributed by atoms with Crippen molar-refractivity contribution < 1.29 is 9.90 Å². The van der Waals surface area contributed by atoms with E-state index >= 15 is 0 Å². The van der Waals surface area contributed by atoms with Gasteiger partial charge < -0.3 is 5.11 Å². The van der Waals surface area contributed by atoms with E-state index in [-0.39, 0.29) is 11.0 Å². The first kappa shape index (κ1) is 8.50. The van der Waals surface area contributed by atoms with E-state index in [0.717, 1.165) is 0 Å². The highest BCUT2D eigenvalue weighted by Crippen LogP contribution is 2.05. The molecule has 52 valence electrons. The molecule has 0 saturated heterocycles. The molecule has 0 radical (unpaired) electrons. The first-order chi connectivity index (χ1) is 4.04. The van der Waals surface area contributed by atoms with E-state index in [1.54, 1.807) is 0 Å². The fourth-order valence-electron chi connectivity index (χ4n) is 0.364. The minimum atomic E-state index is -1.06. The van der Waals surface area contributed by atoms with Gasteiger partial charge in [0.05, 0.1) is 0 Å². The number of aliphatic carboxylic acids is 1. The predicted octanol–water partition coefficient (Wildman–Crippen LogP) is 1.85. The Bertz CT molecular complexity index is 138. The molecule has 0 heterocycles. The highest BCUT2D eigenvalue weighted by molar-refractivity contribution is 6.40. The molecule has 0 fully saturated rings. The van der Waals surface area contributed by atoms with Crippen LogP contribution < -0.4 is 0 Å². The van der Waals surface area contributed by atoms with Gasteiger partial charge in [-0.25, -0.2) is 4.79 Å². The molecule has 0 bridgehead atoms. The molecule has 0 rings (SSSR count). The van der Waals surface area contributed by atoms with E-state index in [4.69, 9.17) is 16.7 Å². The second-order valence-corrected chi connectivity index (χ2v) is 2.47. The summed E-state index contributed by atoms with van der Waals surface area (Å²) in [6, 6.07) is 0. The number of halogens is 1. The van der Waals surface area contributed by atoms with Crippen molar-refractivity contribution in [3.05, 3.63) is 11.1 Å². The third-order valence-electron chi connectivity index (χ3n) is 0.684. The number of allylic oxidation sites excluding steroid dienone is 1. The van der Waals surface area contributed by atoms with Gasteiger partial charge in [0.15, 0.2) is 0 Å². The number of carbonyl (C=O) groups is 1. The minimum Gasteiger partial charge on any atom is -0.477 e. The number of hydrogen-bond donors (Lipinski definition) is 1. The molecule has 3 heteroatoms. The normalized spacial score (nSPS) is 12.2. The Hall–Kier alpha value is -0.500. The second-order valence-electron chi connectivity index (χ2n) is 2.06. The molecular formula is C6H9ClO2. The van der Waals surface area contributed by atoms with Crippen LogP contribution >= 0.6 is 11.6 Å². The molecule has 2 nitrogen and oxygen atoms in total. The van der Waals surface area contributed by atoms with Gasteiger partial charge in [0.2, 0.25) is 0 Å². The monoisotopic (exact) mass is 148 g/mol. The topological polar surface area (TPSA) is 37.3 Å². The molecular weight excluding hydrogens is 140 g/mol. The van der Waals surface area contributed by atoms with E-state index in [0.29, 0.717) is 0 Å². The lowest BCUT2D eigenvalue weighted by molar-refractivity contribution is -0.131. The number of rotatable bonds is 2. The maximum absolute atomic E-state index is 10.0. The first-order valence-corrected chi connectivity index (χ1v) is 3.02. The first-order valence-electron chi connectivity index (χ1n) is 2.64. The van der Waals surface area contributed by atoms with Crippen LogP contribution in [0.25, 0.3) is 0 Å². The molecule has 0 aliphatic heterocycles. The maximum atomic E-state index is 10.0. The van der Waals surface area contributed by atoms with Crippen LogP contribution in [0, 0.1) is 5.92 Å². The van der Waals surface area contributed by atoms with Crippen LogP contribution in [0.15, 0.2) is 11.1 Å². The molecule has 0 aromatic heterocycles. The molecule has 0 saturated carbocycles. The van der Waals surface area contributed by atoms with Crippen LogP contribution in [0.4, 0.5) is 0 Å². The Kier molecular flexibility index (Phi) is 3.32. The molecule has 0 aliphatic carbocycles. The third kappa shape index (κ3) is 4.03. The standard InChI is InChI=1S/C6H9ClO2/c1-4(2)3-5(7)6(8)9/h3-4H,1-2H3,(H,8,9)/b5-3+. The van der Waals surface area contributed by atoms with Crippen LogP contribution in [-0.4, -0.2) is 11.1 Å². The molecule has 0 aromatic rings. The van der Waals surface area contributed by atoms with Gasteiger partial charge in [-0.2, -0.15) is 0 Å². The fraction of sp³-hybridized carbons (Fsp3) is 0.500. The van der Waals surface area contributed by atoms with Crippen LogP contribution in [0.5, 0.6) is 0 Å². The SMILES string of the molecule is CC(C)/C=C(/Cl)C(=O)O. The van der Waals surface area contributed by atoms with Gasteiger partial charge in [0, 0.05) is 0 Å². The highest BCUT2D eigenvalue weighted by atomic mass is 35.5. The van der Waals surface area contributed by atoms with Crippen LogP contribution in [-0.2, 0) is 4.79 Å². The van der Waals surface area contributed by atoms with Crippen molar-refractivity contribution in [3.63, 3.8) is 0 Å². The van der Waals surface area contributed by atoms with E-state index in [1.807, 2.05) is 13.8 Å². The Labute approximate surface area is 59.1 Å². The van der Waals surface area contributed by atoms with Gasteiger partial charge in [0.1, 0.15) is 5.03 Å². The average molecular weight is 149 g/mol. The van der Waals surface area contributed by atoms with Gasteiger partial charge in [-0.3, -0.25) is 0 Å². The summed E-state index contributed by atoms with van der Waals surface area (Å²) < 4.78 is 0. The zero-order valence-corrected chi connectivity index (χ0v) is 6.14. The molecule has 0 spiro atoms. The zero-order chi connectivity index (χ0) is 7.44. The van der Waals surface area contributed by atoms with Crippen molar-refractivity contribution >= 4 is 17.6 Å². The lowest BCUT2D eigenvalue weighted by Crippen LogP contribution is -1.95. The largest absolute Gasteiger partial charge is 0.477 e. The fourth-order valence-corrected chi connectivity index (χ4v) is 0.616. The van der Waals surface area contributed by atoms with E-state index < -0.39 is 5.97 Å².